The van der Waals surface area contributed by atoms with Crippen LogP contribution >= 0.6 is 0 Å². The first-order valence-electron chi connectivity index (χ1n) is 5.04. The molecule has 0 bridgehead atoms. The maximum atomic E-state index is 12.1. The molecule has 16 heavy (non-hydrogen) atoms. The Kier molecular flexibility index (Phi) is 3.83. The number of ether oxygens (including phenoxy) is 1. The molecule has 1 radical (unpaired) electrons. The molecule has 1 unspecified atom stereocenters. The second kappa shape index (κ2) is 4.76. The van der Waals surface area contributed by atoms with Gasteiger partial charge in [0.2, 0.25) is 0 Å². The van der Waals surface area contributed by atoms with E-state index < -0.39 is 6.36 Å². The van der Waals surface area contributed by atoms with Gasteiger partial charge < -0.3 is 4.74 Å². The van der Waals surface area contributed by atoms with Gasteiger partial charge in [-0.3, -0.25) is 0 Å². The normalized spacial score (nSPS) is 11.9. The van der Waals surface area contributed by atoms with Crippen molar-refractivity contribution in [3.8, 4) is 5.75 Å². The van der Waals surface area contributed by atoms with Gasteiger partial charge in [0.05, 0.1) is 0 Å². The van der Waals surface area contributed by atoms with E-state index in [1.54, 1.807) is 0 Å². The Morgan fingerprint density at radius 1 is 1.31 bits per heavy atom. The van der Waals surface area contributed by atoms with Crippen LogP contribution in [-0.2, 0) is 6.42 Å². The van der Waals surface area contributed by atoms with Crippen LogP contribution in [0.3, 0.4) is 0 Å². The van der Waals surface area contributed by atoms with Crippen molar-refractivity contribution in [3.05, 3.63) is 36.2 Å². The fourth-order valence-corrected chi connectivity index (χ4v) is 1.37. The van der Waals surface area contributed by atoms with Crippen molar-refractivity contribution in [3.63, 3.8) is 0 Å². The molecule has 0 saturated heterocycles. The van der Waals surface area contributed by atoms with Crippen LogP contribution in [0.25, 0.3) is 0 Å². The number of aryl methyl sites for hydroxylation is 1. The fraction of sp³-hybridized carbons (Fsp3) is 0.417. The summed E-state index contributed by atoms with van der Waals surface area (Å²) in [5.41, 5.74) is 1.56. The van der Waals surface area contributed by atoms with Gasteiger partial charge in [-0.2, -0.15) is 0 Å². The van der Waals surface area contributed by atoms with Crippen molar-refractivity contribution in [1.82, 2.24) is 0 Å². The molecule has 1 nitrogen and oxygen atoms in total. The minimum Gasteiger partial charge on any atom is -0.406 e. The molecule has 0 aliphatic carbocycles. The summed E-state index contributed by atoms with van der Waals surface area (Å²) >= 11 is 0. The Bertz CT molecular complexity index is 356. The molecular weight excluding hydrogens is 217 g/mol. The molecule has 0 spiro atoms. The Labute approximate surface area is 93.2 Å². The van der Waals surface area contributed by atoms with Gasteiger partial charge in [0.15, 0.2) is 0 Å². The molecule has 4 heteroatoms. The highest BCUT2D eigenvalue weighted by atomic mass is 19.4. The average Bonchev–Trinajstić information content (AvgIpc) is 2.14. The quantitative estimate of drug-likeness (QED) is 0.761. The molecule has 0 N–H and O–H groups in total. The Morgan fingerprint density at radius 3 is 2.38 bits per heavy atom. The van der Waals surface area contributed by atoms with Crippen molar-refractivity contribution in [2.45, 2.75) is 32.5 Å². The minimum atomic E-state index is -4.64. The summed E-state index contributed by atoms with van der Waals surface area (Å²) in [6, 6.07) is 4.63. The van der Waals surface area contributed by atoms with E-state index in [2.05, 4.69) is 11.7 Å². The molecule has 0 aliphatic heterocycles. The predicted molar refractivity (Wildman–Crippen MR) is 56.3 cm³/mol. The van der Waals surface area contributed by atoms with Crippen molar-refractivity contribution in [2.24, 2.45) is 0 Å². The Balaban J connectivity index is 3.04. The Morgan fingerprint density at radius 2 is 1.94 bits per heavy atom. The predicted octanol–water partition coefficient (Wildman–Crippen LogP) is 4.09. The van der Waals surface area contributed by atoms with Gasteiger partial charge in [0, 0.05) is 0 Å². The van der Waals surface area contributed by atoms with Crippen LogP contribution < -0.4 is 4.74 Å². The van der Waals surface area contributed by atoms with Crippen LogP contribution in [0.4, 0.5) is 13.2 Å². The lowest BCUT2D eigenvalue weighted by Gasteiger charge is -2.13. The van der Waals surface area contributed by atoms with Crippen molar-refractivity contribution < 1.29 is 17.9 Å². The maximum absolute atomic E-state index is 12.1. The van der Waals surface area contributed by atoms with Gasteiger partial charge in [0.1, 0.15) is 5.75 Å². The average molecular weight is 231 g/mol. The molecule has 1 atom stereocenters. The zero-order valence-electron chi connectivity index (χ0n) is 9.27. The third-order valence-corrected chi connectivity index (χ3v) is 2.20. The molecule has 0 heterocycles. The third-order valence-electron chi connectivity index (χ3n) is 2.20. The van der Waals surface area contributed by atoms with Crippen LogP contribution in [0.1, 0.15) is 30.9 Å². The minimum absolute atomic E-state index is 0.0675. The van der Waals surface area contributed by atoms with Gasteiger partial charge in [-0.25, -0.2) is 0 Å². The van der Waals surface area contributed by atoms with Crippen LogP contribution in [0.2, 0.25) is 0 Å². The summed E-state index contributed by atoms with van der Waals surface area (Å²) in [6.07, 6.45) is -3.98. The zero-order valence-corrected chi connectivity index (χ0v) is 9.27. The van der Waals surface area contributed by atoms with Crippen molar-refractivity contribution in [1.29, 1.82) is 0 Å². The number of rotatable bonds is 3. The standard InChI is InChI=1S/C12H14F3O/c1-4-9-5-10(8(2)3)7-11(6-9)16-12(13,14)15/h5-8H,2,4H2,1,3H3. The van der Waals surface area contributed by atoms with E-state index in [1.165, 1.54) is 12.1 Å². The first-order valence-corrected chi connectivity index (χ1v) is 5.04. The summed E-state index contributed by atoms with van der Waals surface area (Å²) in [5.74, 6) is -0.237. The van der Waals surface area contributed by atoms with E-state index in [0.29, 0.717) is 6.42 Å². The summed E-state index contributed by atoms with van der Waals surface area (Å²) in [7, 11) is 0. The molecule has 1 aromatic carbocycles. The van der Waals surface area contributed by atoms with E-state index in [-0.39, 0.29) is 11.7 Å². The monoisotopic (exact) mass is 231 g/mol. The highest BCUT2D eigenvalue weighted by molar-refractivity contribution is 5.36. The molecule has 1 rings (SSSR count). The fourth-order valence-electron chi connectivity index (χ4n) is 1.37. The molecule has 0 saturated carbocycles. The van der Waals surface area contributed by atoms with Crippen molar-refractivity contribution >= 4 is 0 Å². The largest absolute Gasteiger partial charge is 0.573 e. The summed E-state index contributed by atoms with van der Waals surface area (Å²) in [6.45, 7) is 7.49. The number of hydrogen-bond donors (Lipinski definition) is 0. The molecule has 89 valence electrons. The topological polar surface area (TPSA) is 9.23 Å². The summed E-state index contributed by atoms with van der Waals surface area (Å²) in [5, 5.41) is 0. The second-order valence-electron chi connectivity index (χ2n) is 3.71. The van der Waals surface area contributed by atoms with E-state index in [4.69, 9.17) is 0 Å². The Hall–Kier alpha value is -1.19. The second-order valence-corrected chi connectivity index (χ2v) is 3.71. The number of alkyl halides is 3. The lowest BCUT2D eigenvalue weighted by atomic mass is 9.99. The molecule has 0 aliphatic rings. The van der Waals surface area contributed by atoms with Crippen LogP contribution in [0, 0.1) is 6.92 Å². The summed E-state index contributed by atoms with van der Waals surface area (Å²) in [4.78, 5) is 0. The van der Waals surface area contributed by atoms with E-state index in [1.807, 2.05) is 19.9 Å². The van der Waals surface area contributed by atoms with Crippen molar-refractivity contribution in [2.75, 3.05) is 0 Å². The van der Waals surface area contributed by atoms with Gasteiger partial charge in [-0.05, 0) is 42.5 Å². The van der Waals surface area contributed by atoms with E-state index in [0.717, 1.165) is 11.1 Å². The highest BCUT2D eigenvalue weighted by Gasteiger charge is 2.31. The van der Waals surface area contributed by atoms with Gasteiger partial charge in [-0.1, -0.05) is 19.9 Å². The molecular formula is C12H14F3O. The van der Waals surface area contributed by atoms with Gasteiger partial charge in [0.25, 0.3) is 0 Å². The highest BCUT2D eigenvalue weighted by Crippen LogP contribution is 2.27. The third kappa shape index (κ3) is 3.76. The lowest BCUT2D eigenvalue weighted by molar-refractivity contribution is -0.274. The van der Waals surface area contributed by atoms with Crippen LogP contribution in [-0.4, -0.2) is 6.36 Å². The molecule has 0 fully saturated rings. The lowest BCUT2D eigenvalue weighted by Crippen LogP contribution is -2.17. The first-order chi connectivity index (χ1) is 7.31. The van der Waals surface area contributed by atoms with Crippen LogP contribution in [0.5, 0.6) is 5.75 Å². The van der Waals surface area contributed by atoms with Gasteiger partial charge in [-0.15, -0.1) is 13.2 Å². The molecule has 0 aromatic heterocycles. The van der Waals surface area contributed by atoms with Crippen LogP contribution in [0.15, 0.2) is 18.2 Å². The van der Waals surface area contributed by atoms with E-state index in [9.17, 15) is 13.2 Å². The number of benzene rings is 1. The van der Waals surface area contributed by atoms with Gasteiger partial charge >= 0.3 is 6.36 Å². The number of hydrogen-bond acceptors (Lipinski definition) is 1. The van der Waals surface area contributed by atoms with E-state index >= 15 is 0 Å². The molecule has 1 aromatic rings. The summed E-state index contributed by atoms with van der Waals surface area (Å²) < 4.78 is 40.1. The molecule has 0 amide bonds. The smallest absolute Gasteiger partial charge is 0.406 e. The maximum Gasteiger partial charge on any atom is 0.573 e. The number of halogens is 3. The SMILES string of the molecule is [CH2]C(C)c1cc(CC)cc(OC(F)(F)F)c1. The first kappa shape index (κ1) is 12.9. The zero-order chi connectivity index (χ0) is 12.3.